The molecule has 0 saturated carbocycles. The van der Waals surface area contributed by atoms with Crippen LogP contribution in [0.25, 0.3) is 0 Å². The normalized spacial score (nSPS) is 13.2. The lowest BCUT2D eigenvalue weighted by Gasteiger charge is -2.19. The van der Waals surface area contributed by atoms with E-state index >= 15 is 0 Å². The summed E-state index contributed by atoms with van der Waals surface area (Å²) in [5.41, 5.74) is 0. The first kappa shape index (κ1) is 14.5. The number of aryl methyl sites for hydroxylation is 1. The van der Waals surface area contributed by atoms with E-state index in [4.69, 9.17) is 11.6 Å². The van der Waals surface area contributed by atoms with E-state index in [-0.39, 0.29) is 5.38 Å². The Kier molecular flexibility index (Phi) is 6.52. The van der Waals surface area contributed by atoms with Gasteiger partial charge in [0.1, 0.15) is 12.2 Å². The Balaban J connectivity index is 2.32. The minimum atomic E-state index is 0.197. The van der Waals surface area contributed by atoms with E-state index in [1.54, 1.807) is 6.33 Å². The molecule has 1 heterocycles. The van der Waals surface area contributed by atoms with Crippen molar-refractivity contribution in [2.24, 2.45) is 5.92 Å². The summed E-state index contributed by atoms with van der Waals surface area (Å²) in [6, 6.07) is 0. The van der Waals surface area contributed by atoms with Crippen LogP contribution in [0, 0.1) is 5.92 Å². The summed E-state index contributed by atoms with van der Waals surface area (Å²) >= 11 is 6.36. The van der Waals surface area contributed by atoms with Crippen LogP contribution in [0.1, 0.15) is 39.4 Å². The third-order valence-electron chi connectivity index (χ3n) is 3.18. The van der Waals surface area contributed by atoms with Gasteiger partial charge >= 0.3 is 0 Å². The smallest absolute Gasteiger partial charge is 0.140 e. The van der Waals surface area contributed by atoms with Gasteiger partial charge in [-0.05, 0) is 12.8 Å². The Bertz CT molecular complexity index is 309. The fourth-order valence-electron chi connectivity index (χ4n) is 1.98. The maximum atomic E-state index is 6.36. The van der Waals surface area contributed by atoms with Gasteiger partial charge in [-0.15, -0.1) is 11.6 Å². The van der Waals surface area contributed by atoms with Crippen LogP contribution in [0.4, 0.5) is 0 Å². The molecule has 5 heteroatoms. The first-order valence-electron chi connectivity index (χ1n) is 6.44. The molecule has 0 aromatic carbocycles. The minimum Gasteiger partial charge on any atom is -0.308 e. The summed E-state index contributed by atoms with van der Waals surface area (Å²) in [5.74, 6) is 1.56. The Hall–Kier alpha value is -0.610. The van der Waals surface area contributed by atoms with Crippen molar-refractivity contribution in [3.05, 3.63) is 12.2 Å². The quantitative estimate of drug-likeness (QED) is 0.729. The van der Waals surface area contributed by atoms with Gasteiger partial charge in [0, 0.05) is 18.5 Å². The van der Waals surface area contributed by atoms with E-state index in [9.17, 15) is 0 Å². The van der Waals surface area contributed by atoms with E-state index in [0.717, 1.165) is 38.3 Å². The highest BCUT2D eigenvalue weighted by atomic mass is 35.5. The first-order valence-corrected chi connectivity index (χ1v) is 6.87. The lowest BCUT2D eigenvalue weighted by molar-refractivity contribution is 0.441. The molecule has 0 spiro atoms. The molecule has 1 aromatic heterocycles. The highest BCUT2D eigenvalue weighted by Crippen LogP contribution is 2.17. The molecule has 17 heavy (non-hydrogen) atoms. The van der Waals surface area contributed by atoms with Crippen LogP contribution < -0.4 is 5.32 Å². The van der Waals surface area contributed by atoms with E-state index < -0.39 is 0 Å². The zero-order valence-corrected chi connectivity index (χ0v) is 11.7. The summed E-state index contributed by atoms with van der Waals surface area (Å²) in [4.78, 5) is 4.22. The van der Waals surface area contributed by atoms with E-state index in [1.165, 1.54) is 0 Å². The number of halogens is 1. The Morgan fingerprint density at radius 2 is 2.06 bits per heavy atom. The van der Waals surface area contributed by atoms with Crippen molar-refractivity contribution in [3.63, 3.8) is 0 Å². The van der Waals surface area contributed by atoms with Gasteiger partial charge < -0.3 is 5.32 Å². The van der Waals surface area contributed by atoms with Crippen LogP contribution in [0.3, 0.4) is 0 Å². The summed E-state index contributed by atoms with van der Waals surface area (Å²) < 4.78 is 1.90. The summed E-state index contributed by atoms with van der Waals surface area (Å²) in [7, 11) is 0. The SMILES string of the molecule is CCC(CC)C(Cl)CNCc1ncnn1CC. The van der Waals surface area contributed by atoms with Crippen molar-refractivity contribution in [1.82, 2.24) is 20.1 Å². The van der Waals surface area contributed by atoms with Crippen LogP contribution in [-0.2, 0) is 13.1 Å². The van der Waals surface area contributed by atoms with Gasteiger partial charge in [0.15, 0.2) is 0 Å². The van der Waals surface area contributed by atoms with Crippen LogP contribution in [0.2, 0.25) is 0 Å². The number of nitrogens with one attached hydrogen (secondary N) is 1. The van der Waals surface area contributed by atoms with Crippen molar-refractivity contribution in [3.8, 4) is 0 Å². The van der Waals surface area contributed by atoms with Gasteiger partial charge in [0.05, 0.1) is 6.54 Å². The van der Waals surface area contributed by atoms with Crippen LogP contribution >= 0.6 is 11.6 Å². The minimum absolute atomic E-state index is 0.197. The fourth-order valence-corrected chi connectivity index (χ4v) is 2.44. The topological polar surface area (TPSA) is 42.7 Å². The highest BCUT2D eigenvalue weighted by Gasteiger charge is 2.15. The van der Waals surface area contributed by atoms with E-state index in [2.05, 4.69) is 36.2 Å². The lowest BCUT2D eigenvalue weighted by atomic mass is 9.99. The number of nitrogens with zero attached hydrogens (tertiary/aromatic N) is 3. The van der Waals surface area contributed by atoms with E-state index in [1.807, 2.05) is 4.68 Å². The van der Waals surface area contributed by atoms with Crippen LogP contribution in [0.5, 0.6) is 0 Å². The van der Waals surface area contributed by atoms with Crippen molar-refractivity contribution in [2.45, 2.75) is 52.1 Å². The molecular formula is C12H23ClN4. The number of hydrogen-bond donors (Lipinski definition) is 1. The predicted octanol–water partition coefficient (Wildman–Crippen LogP) is 2.43. The summed E-state index contributed by atoms with van der Waals surface area (Å²) in [6.07, 6.45) is 3.87. The molecule has 0 aliphatic rings. The van der Waals surface area contributed by atoms with Gasteiger partial charge in [0.2, 0.25) is 0 Å². The lowest BCUT2D eigenvalue weighted by Crippen LogP contribution is -2.29. The van der Waals surface area contributed by atoms with Crippen LogP contribution in [0.15, 0.2) is 6.33 Å². The maximum absolute atomic E-state index is 6.36. The molecule has 1 atom stereocenters. The molecule has 0 aliphatic heterocycles. The number of aromatic nitrogens is 3. The molecule has 98 valence electrons. The number of alkyl halides is 1. The molecule has 4 nitrogen and oxygen atoms in total. The van der Waals surface area contributed by atoms with E-state index in [0.29, 0.717) is 5.92 Å². The predicted molar refractivity (Wildman–Crippen MR) is 71.1 cm³/mol. The zero-order chi connectivity index (χ0) is 12.7. The Labute approximate surface area is 109 Å². The molecule has 1 rings (SSSR count). The van der Waals surface area contributed by atoms with Crippen molar-refractivity contribution < 1.29 is 0 Å². The molecule has 0 aliphatic carbocycles. The third kappa shape index (κ3) is 4.28. The second kappa shape index (κ2) is 7.67. The average Bonchev–Trinajstić information content (AvgIpc) is 2.78. The van der Waals surface area contributed by atoms with Gasteiger partial charge in [-0.2, -0.15) is 5.10 Å². The average molecular weight is 259 g/mol. The van der Waals surface area contributed by atoms with Gasteiger partial charge in [0.25, 0.3) is 0 Å². The summed E-state index contributed by atoms with van der Waals surface area (Å²) in [5, 5.41) is 7.69. The second-order valence-electron chi connectivity index (χ2n) is 4.22. The Morgan fingerprint density at radius 1 is 1.35 bits per heavy atom. The van der Waals surface area contributed by atoms with Crippen LogP contribution in [-0.4, -0.2) is 26.7 Å². The van der Waals surface area contributed by atoms with Crippen molar-refractivity contribution in [2.75, 3.05) is 6.54 Å². The molecule has 0 bridgehead atoms. The molecule has 0 fully saturated rings. The first-order chi connectivity index (χ1) is 8.22. The zero-order valence-electron chi connectivity index (χ0n) is 11.0. The molecule has 1 unspecified atom stereocenters. The molecule has 0 amide bonds. The van der Waals surface area contributed by atoms with Crippen molar-refractivity contribution in [1.29, 1.82) is 0 Å². The molecule has 1 N–H and O–H groups in total. The standard InChI is InChI=1S/C12H23ClN4/c1-4-10(5-2)11(13)7-14-8-12-15-9-16-17(12)6-3/h9-11,14H,4-8H2,1-3H3. The largest absolute Gasteiger partial charge is 0.308 e. The van der Waals surface area contributed by atoms with Gasteiger partial charge in [-0.1, -0.05) is 26.7 Å². The third-order valence-corrected chi connectivity index (χ3v) is 3.69. The number of hydrogen-bond acceptors (Lipinski definition) is 3. The van der Waals surface area contributed by atoms with Gasteiger partial charge in [-0.25, -0.2) is 9.67 Å². The second-order valence-corrected chi connectivity index (χ2v) is 4.78. The molecule has 0 radical (unpaired) electrons. The number of rotatable bonds is 8. The molecular weight excluding hydrogens is 236 g/mol. The Morgan fingerprint density at radius 3 is 2.65 bits per heavy atom. The monoisotopic (exact) mass is 258 g/mol. The van der Waals surface area contributed by atoms with Crippen molar-refractivity contribution >= 4 is 11.6 Å². The summed E-state index contributed by atoms with van der Waals surface area (Å²) in [6.45, 7) is 8.86. The fraction of sp³-hybridized carbons (Fsp3) is 0.833. The maximum Gasteiger partial charge on any atom is 0.140 e. The highest BCUT2D eigenvalue weighted by molar-refractivity contribution is 6.21. The molecule has 0 saturated heterocycles. The molecule has 1 aromatic rings. The van der Waals surface area contributed by atoms with Gasteiger partial charge in [-0.3, -0.25) is 0 Å².